The number of likely N-dealkylation sites (tertiary alicyclic amines) is 1. The Morgan fingerprint density at radius 3 is 2.78 bits per heavy atom. The number of nitrogens with two attached hydrogens (primary N) is 1. The van der Waals surface area contributed by atoms with Gasteiger partial charge in [0.1, 0.15) is 0 Å². The molecule has 1 aromatic rings. The molecule has 0 aliphatic carbocycles. The van der Waals surface area contributed by atoms with Crippen molar-refractivity contribution in [1.29, 1.82) is 0 Å². The first-order valence-corrected chi connectivity index (χ1v) is 6.50. The number of nitrogens with zero attached hydrogens (tertiary/aromatic N) is 3. The van der Waals surface area contributed by atoms with Crippen LogP contribution in [0.1, 0.15) is 32.8 Å². The number of aromatic nitrogens is 2. The first-order valence-electron chi connectivity index (χ1n) is 6.50. The highest BCUT2D eigenvalue weighted by atomic mass is 35.5. The summed E-state index contributed by atoms with van der Waals surface area (Å²) in [6.45, 7) is 10.7. The molecule has 0 saturated carbocycles. The van der Waals surface area contributed by atoms with Gasteiger partial charge in [-0.2, -0.15) is 5.10 Å². The Kier molecular flexibility index (Phi) is 5.20. The number of halogens is 1. The third-order valence-corrected chi connectivity index (χ3v) is 3.81. The van der Waals surface area contributed by atoms with Crippen molar-refractivity contribution in [2.75, 3.05) is 13.1 Å². The van der Waals surface area contributed by atoms with Crippen molar-refractivity contribution in [3.63, 3.8) is 0 Å². The van der Waals surface area contributed by atoms with Crippen molar-refractivity contribution in [1.82, 2.24) is 14.7 Å². The molecule has 0 spiro atoms. The van der Waals surface area contributed by atoms with Crippen LogP contribution in [-0.2, 0) is 13.1 Å². The molecule has 5 heteroatoms. The zero-order chi connectivity index (χ0) is 12.5. The number of aryl methyl sites for hydroxylation is 1. The SMILES string of the molecule is CCn1cc(CN2CCC(N)C(C)(C)C2)cn1.Cl. The minimum Gasteiger partial charge on any atom is -0.327 e. The van der Waals surface area contributed by atoms with Crippen LogP contribution in [0.4, 0.5) is 0 Å². The summed E-state index contributed by atoms with van der Waals surface area (Å²) in [4.78, 5) is 2.49. The van der Waals surface area contributed by atoms with E-state index in [0.717, 1.165) is 32.6 Å². The molecule has 0 amide bonds. The number of hydrogen-bond acceptors (Lipinski definition) is 3. The quantitative estimate of drug-likeness (QED) is 0.914. The Labute approximate surface area is 116 Å². The molecule has 2 rings (SSSR count). The van der Waals surface area contributed by atoms with Crippen molar-refractivity contribution >= 4 is 12.4 Å². The van der Waals surface area contributed by atoms with Gasteiger partial charge in [0.2, 0.25) is 0 Å². The second-order valence-corrected chi connectivity index (χ2v) is 5.80. The average molecular weight is 273 g/mol. The van der Waals surface area contributed by atoms with Gasteiger partial charge in [-0.15, -0.1) is 12.4 Å². The molecule has 1 aromatic heterocycles. The molecule has 104 valence electrons. The van der Waals surface area contributed by atoms with E-state index < -0.39 is 0 Å². The summed E-state index contributed by atoms with van der Waals surface area (Å²) in [6, 6.07) is 0.331. The maximum atomic E-state index is 6.15. The largest absolute Gasteiger partial charge is 0.327 e. The van der Waals surface area contributed by atoms with Gasteiger partial charge in [0.15, 0.2) is 0 Å². The molecular weight excluding hydrogens is 248 g/mol. The smallest absolute Gasteiger partial charge is 0.0534 e. The lowest BCUT2D eigenvalue weighted by Gasteiger charge is -2.42. The summed E-state index contributed by atoms with van der Waals surface area (Å²) in [5, 5.41) is 4.32. The van der Waals surface area contributed by atoms with Gasteiger partial charge in [-0.05, 0) is 18.8 Å². The van der Waals surface area contributed by atoms with E-state index in [4.69, 9.17) is 5.73 Å². The van der Waals surface area contributed by atoms with Crippen LogP contribution in [-0.4, -0.2) is 33.8 Å². The van der Waals surface area contributed by atoms with Gasteiger partial charge < -0.3 is 5.73 Å². The number of piperidine rings is 1. The Balaban J connectivity index is 0.00000162. The lowest BCUT2D eigenvalue weighted by Crippen LogP contribution is -2.51. The lowest BCUT2D eigenvalue weighted by atomic mass is 9.79. The van der Waals surface area contributed by atoms with Crippen LogP contribution < -0.4 is 5.73 Å². The summed E-state index contributed by atoms with van der Waals surface area (Å²) >= 11 is 0. The van der Waals surface area contributed by atoms with Gasteiger partial charge in [0, 0.05) is 44.0 Å². The van der Waals surface area contributed by atoms with Crippen LogP contribution >= 0.6 is 12.4 Å². The summed E-state index contributed by atoms with van der Waals surface area (Å²) in [5.74, 6) is 0. The van der Waals surface area contributed by atoms with Gasteiger partial charge in [0.05, 0.1) is 6.20 Å². The molecule has 18 heavy (non-hydrogen) atoms. The standard InChI is InChI=1S/C13H24N4.ClH/c1-4-17-9-11(7-15-17)8-16-6-5-12(14)13(2,3)10-16;/h7,9,12H,4-6,8,10,14H2,1-3H3;1H. The van der Waals surface area contributed by atoms with Crippen molar-refractivity contribution < 1.29 is 0 Å². The fraction of sp³-hybridized carbons (Fsp3) is 0.769. The zero-order valence-electron chi connectivity index (χ0n) is 11.6. The van der Waals surface area contributed by atoms with E-state index in [1.165, 1.54) is 5.56 Å². The van der Waals surface area contributed by atoms with Gasteiger partial charge >= 0.3 is 0 Å². The second kappa shape index (κ2) is 6.04. The van der Waals surface area contributed by atoms with Crippen molar-refractivity contribution in [3.8, 4) is 0 Å². The molecule has 4 nitrogen and oxygen atoms in total. The molecule has 0 aromatic carbocycles. The highest BCUT2D eigenvalue weighted by Gasteiger charge is 2.33. The lowest BCUT2D eigenvalue weighted by molar-refractivity contribution is 0.0898. The molecule has 2 heterocycles. The molecule has 1 fully saturated rings. The van der Waals surface area contributed by atoms with E-state index in [-0.39, 0.29) is 17.8 Å². The molecule has 0 bridgehead atoms. The zero-order valence-corrected chi connectivity index (χ0v) is 12.4. The molecule has 1 aliphatic rings. The van der Waals surface area contributed by atoms with E-state index >= 15 is 0 Å². The molecule has 1 aliphatic heterocycles. The summed E-state index contributed by atoms with van der Waals surface area (Å²) in [5.41, 5.74) is 7.68. The van der Waals surface area contributed by atoms with Gasteiger partial charge in [-0.1, -0.05) is 13.8 Å². The van der Waals surface area contributed by atoms with E-state index in [1.54, 1.807) is 0 Å². The van der Waals surface area contributed by atoms with Crippen LogP contribution in [0.2, 0.25) is 0 Å². The minimum atomic E-state index is 0. The van der Waals surface area contributed by atoms with Crippen LogP contribution in [0, 0.1) is 5.41 Å². The van der Waals surface area contributed by atoms with E-state index in [9.17, 15) is 0 Å². The molecule has 2 N–H and O–H groups in total. The highest BCUT2D eigenvalue weighted by Crippen LogP contribution is 2.28. The first kappa shape index (κ1) is 15.5. The van der Waals surface area contributed by atoms with Crippen molar-refractivity contribution in [2.24, 2.45) is 11.1 Å². The van der Waals surface area contributed by atoms with Gasteiger partial charge in [-0.3, -0.25) is 9.58 Å². The average Bonchev–Trinajstić information content (AvgIpc) is 2.71. The Bertz CT molecular complexity index is 375. The predicted octanol–water partition coefficient (Wildman–Crippen LogP) is 1.88. The minimum absolute atomic E-state index is 0. The van der Waals surface area contributed by atoms with Crippen LogP contribution in [0.5, 0.6) is 0 Å². The number of hydrogen-bond donors (Lipinski definition) is 1. The summed E-state index contributed by atoms with van der Waals surface area (Å²) < 4.78 is 1.98. The second-order valence-electron chi connectivity index (χ2n) is 5.80. The third kappa shape index (κ3) is 3.46. The normalized spacial score (nSPS) is 23.7. The Morgan fingerprint density at radius 1 is 1.50 bits per heavy atom. The maximum Gasteiger partial charge on any atom is 0.0534 e. The molecule has 1 atom stereocenters. The molecule has 1 saturated heterocycles. The van der Waals surface area contributed by atoms with Gasteiger partial charge in [-0.25, -0.2) is 0 Å². The number of rotatable bonds is 3. The topological polar surface area (TPSA) is 47.1 Å². The van der Waals surface area contributed by atoms with Crippen molar-refractivity contribution in [2.45, 2.75) is 46.3 Å². The van der Waals surface area contributed by atoms with E-state index in [1.807, 2.05) is 10.9 Å². The molecule has 0 radical (unpaired) electrons. The van der Waals surface area contributed by atoms with Crippen LogP contribution in [0.15, 0.2) is 12.4 Å². The summed E-state index contributed by atoms with van der Waals surface area (Å²) in [6.07, 6.45) is 5.21. The fourth-order valence-electron chi connectivity index (χ4n) is 2.54. The monoisotopic (exact) mass is 272 g/mol. The Morgan fingerprint density at radius 2 is 2.22 bits per heavy atom. The summed E-state index contributed by atoms with van der Waals surface area (Å²) in [7, 11) is 0. The van der Waals surface area contributed by atoms with Crippen molar-refractivity contribution in [3.05, 3.63) is 18.0 Å². The van der Waals surface area contributed by atoms with Crippen LogP contribution in [0.25, 0.3) is 0 Å². The molecule has 1 unspecified atom stereocenters. The highest BCUT2D eigenvalue weighted by molar-refractivity contribution is 5.85. The first-order chi connectivity index (χ1) is 8.01. The molecular formula is C13H25ClN4. The maximum absolute atomic E-state index is 6.15. The predicted molar refractivity (Wildman–Crippen MR) is 76.8 cm³/mol. The van der Waals surface area contributed by atoms with Crippen LogP contribution in [0.3, 0.4) is 0 Å². The Hall–Kier alpha value is -0.580. The third-order valence-electron chi connectivity index (χ3n) is 3.81. The van der Waals surface area contributed by atoms with Gasteiger partial charge in [0.25, 0.3) is 0 Å². The fourth-order valence-corrected chi connectivity index (χ4v) is 2.54. The van der Waals surface area contributed by atoms with E-state index in [2.05, 4.69) is 37.0 Å². The van der Waals surface area contributed by atoms with E-state index in [0.29, 0.717) is 6.04 Å².